The predicted octanol–water partition coefficient (Wildman–Crippen LogP) is -0.625. The molecular formula is C8H18O4. The maximum atomic E-state index is 8.90. The summed E-state index contributed by atoms with van der Waals surface area (Å²) in [5.74, 6) is 0.135. The molecule has 3 N–H and O–H groups in total. The van der Waals surface area contributed by atoms with E-state index in [0.717, 1.165) is 0 Å². The van der Waals surface area contributed by atoms with Crippen molar-refractivity contribution in [3.8, 4) is 0 Å². The average molecular weight is 178 g/mol. The first-order chi connectivity index (χ1) is 5.70. The van der Waals surface area contributed by atoms with Gasteiger partial charge in [-0.15, -0.1) is 0 Å². The van der Waals surface area contributed by atoms with Crippen LogP contribution >= 0.6 is 0 Å². The van der Waals surface area contributed by atoms with Crippen LogP contribution in [-0.4, -0.2) is 47.9 Å². The van der Waals surface area contributed by atoms with Crippen LogP contribution in [0.5, 0.6) is 0 Å². The largest absolute Gasteiger partial charge is 0.396 e. The lowest BCUT2D eigenvalue weighted by Crippen LogP contribution is -2.17. The summed E-state index contributed by atoms with van der Waals surface area (Å²) >= 11 is 0. The highest BCUT2D eigenvalue weighted by Gasteiger charge is 2.03. The van der Waals surface area contributed by atoms with E-state index in [4.69, 9.17) is 20.1 Å². The lowest BCUT2D eigenvalue weighted by atomic mass is 10.2. The van der Waals surface area contributed by atoms with Gasteiger partial charge in [-0.2, -0.15) is 0 Å². The molecule has 4 nitrogen and oxygen atoms in total. The summed E-state index contributed by atoms with van der Waals surface area (Å²) in [5, 5.41) is 26.0. The van der Waals surface area contributed by atoms with E-state index >= 15 is 0 Å². The maximum absolute atomic E-state index is 8.90. The Kier molecular flexibility index (Phi) is 7.39. The van der Waals surface area contributed by atoms with Crippen LogP contribution in [0.3, 0.4) is 0 Å². The zero-order valence-corrected chi connectivity index (χ0v) is 7.44. The summed E-state index contributed by atoms with van der Waals surface area (Å²) in [7, 11) is 0. The minimum absolute atomic E-state index is 0.114. The zero-order valence-electron chi connectivity index (χ0n) is 7.44. The van der Waals surface area contributed by atoms with Crippen molar-refractivity contribution in [2.24, 2.45) is 5.92 Å². The molecule has 0 aromatic carbocycles. The molecule has 0 aliphatic heterocycles. The monoisotopic (exact) mass is 178 g/mol. The van der Waals surface area contributed by atoms with E-state index in [1.165, 1.54) is 0 Å². The third-order valence-corrected chi connectivity index (χ3v) is 1.52. The van der Waals surface area contributed by atoms with E-state index in [2.05, 4.69) is 0 Å². The Morgan fingerprint density at radius 2 is 1.92 bits per heavy atom. The quantitative estimate of drug-likeness (QED) is 0.454. The van der Waals surface area contributed by atoms with Gasteiger partial charge in [-0.1, -0.05) is 6.92 Å². The van der Waals surface area contributed by atoms with Gasteiger partial charge in [0.05, 0.1) is 19.3 Å². The lowest BCUT2D eigenvalue weighted by molar-refractivity contribution is 0.0327. The number of hydrogen-bond acceptors (Lipinski definition) is 4. The van der Waals surface area contributed by atoms with Gasteiger partial charge in [-0.25, -0.2) is 0 Å². The van der Waals surface area contributed by atoms with Crippen molar-refractivity contribution < 1.29 is 20.1 Å². The molecule has 0 radical (unpaired) electrons. The molecule has 0 aliphatic rings. The van der Waals surface area contributed by atoms with Crippen molar-refractivity contribution in [1.29, 1.82) is 0 Å². The topological polar surface area (TPSA) is 69.9 Å². The zero-order chi connectivity index (χ0) is 9.40. The number of aliphatic hydroxyl groups excluding tert-OH is 3. The molecule has 4 heteroatoms. The molecule has 0 spiro atoms. The van der Waals surface area contributed by atoms with Crippen LogP contribution in [0.1, 0.15) is 13.3 Å². The third-order valence-electron chi connectivity index (χ3n) is 1.52. The van der Waals surface area contributed by atoms with Gasteiger partial charge in [0.15, 0.2) is 0 Å². The molecular weight excluding hydrogens is 160 g/mol. The van der Waals surface area contributed by atoms with Crippen LogP contribution < -0.4 is 0 Å². The summed E-state index contributed by atoms with van der Waals surface area (Å²) in [5.41, 5.74) is 0. The van der Waals surface area contributed by atoms with Crippen molar-refractivity contribution in [3.05, 3.63) is 0 Å². The minimum Gasteiger partial charge on any atom is -0.396 e. The van der Waals surface area contributed by atoms with Crippen molar-refractivity contribution in [3.63, 3.8) is 0 Å². The molecule has 0 aliphatic carbocycles. The average Bonchev–Trinajstić information content (AvgIpc) is 2.11. The molecule has 0 aromatic heterocycles. The van der Waals surface area contributed by atoms with Crippen LogP contribution in [0.4, 0.5) is 0 Å². The van der Waals surface area contributed by atoms with Gasteiger partial charge in [0.2, 0.25) is 0 Å². The highest BCUT2D eigenvalue weighted by molar-refractivity contribution is 4.52. The van der Waals surface area contributed by atoms with Gasteiger partial charge in [0, 0.05) is 19.1 Å². The van der Waals surface area contributed by atoms with Crippen molar-refractivity contribution >= 4 is 0 Å². The lowest BCUT2D eigenvalue weighted by Gasteiger charge is -2.10. The Labute approximate surface area is 72.8 Å². The first-order valence-electron chi connectivity index (χ1n) is 4.18. The van der Waals surface area contributed by atoms with Gasteiger partial charge in [0.25, 0.3) is 0 Å². The Morgan fingerprint density at radius 3 is 2.42 bits per heavy atom. The van der Waals surface area contributed by atoms with E-state index in [0.29, 0.717) is 19.6 Å². The third kappa shape index (κ3) is 6.54. The first kappa shape index (κ1) is 11.8. The first-order valence-corrected chi connectivity index (χ1v) is 4.18. The maximum Gasteiger partial charge on any atom is 0.0792 e. The fraction of sp³-hybridized carbons (Fsp3) is 1.00. The molecule has 2 unspecified atom stereocenters. The van der Waals surface area contributed by atoms with Crippen molar-refractivity contribution in [2.75, 3.05) is 26.4 Å². The van der Waals surface area contributed by atoms with Crippen LogP contribution in [0, 0.1) is 5.92 Å². The molecule has 0 heterocycles. The molecule has 0 bridgehead atoms. The van der Waals surface area contributed by atoms with E-state index in [1.807, 2.05) is 6.92 Å². The second kappa shape index (κ2) is 7.49. The number of rotatable bonds is 7. The Balaban J connectivity index is 3.10. The van der Waals surface area contributed by atoms with E-state index < -0.39 is 6.10 Å². The minimum atomic E-state index is -0.686. The second-order valence-corrected chi connectivity index (χ2v) is 2.99. The Morgan fingerprint density at radius 1 is 1.25 bits per heavy atom. The summed E-state index contributed by atoms with van der Waals surface area (Å²) < 4.78 is 5.13. The summed E-state index contributed by atoms with van der Waals surface area (Å²) in [6, 6.07) is 0. The summed E-state index contributed by atoms with van der Waals surface area (Å²) in [6.07, 6.45) is -0.247. The van der Waals surface area contributed by atoms with E-state index in [-0.39, 0.29) is 19.1 Å². The molecule has 0 fully saturated rings. The van der Waals surface area contributed by atoms with Gasteiger partial charge in [-0.3, -0.25) is 0 Å². The highest BCUT2D eigenvalue weighted by Crippen LogP contribution is 1.96. The number of ether oxygens (including phenoxy) is 1. The molecule has 2 atom stereocenters. The smallest absolute Gasteiger partial charge is 0.0792 e. The fourth-order valence-corrected chi connectivity index (χ4v) is 0.648. The Hall–Kier alpha value is -0.160. The normalized spacial score (nSPS) is 16.0. The molecule has 0 aromatic rings. The van der Waals surface area contributed by atoms with Gasteiger partial charge in [0.1, 0.15) is 0 Å². The SMILES string of the molecule is CC(CO)COCCC(O)CO. The van der Waals surface area contributed by atoms with Crippen LogP contribution in [0.25, 0.3) is 0 Å². The number of hydrogen-bond donors (Lipinski definition) is 3. The van der Waals surface area contributed by atoms with Crippen LogP contribution in [0.15, 0.2) is 0 Å². The van der Waals surface area contributed by atoms with Gasteiger partial charge in [-0.05, 0) is 6.42 Å². The fourth-order valence-electron chi connectivity index (χ4n) is 0.648. The highest BCUT2D eigenvalue weighted by atomic mass is 16.5. The van der Waals surface area contributed by atoms with Crippen LogP contribution in [0.2, 0.25) is 0 Å². The van der Waals surface area contributed by atoms with Crippen LogP contribution in [-0.2, 0) is 4.74 Å². The molecule has 0 rings (SSSR count). The summed E-state index contributed by atoms with van der Waals surface area (Å²) in [4.78, 5) is 0. The Bertz CT molecular complexity index is 85.1. The molecule has 0 saturated heterocycles. The summed E-state index contributed by atoms with van der Waals surface area (Å²) in [6.45, 7) is 2.69. The van der Waals surface area contributed by atoms with E-state index in [1.54, 1.807) is 0 Å². The van der Waals surface area contributed by atoms with Gasteiger partial charge >= 0.3 is 0 Å². The predicted molar refractivity (Wildman–Crippen MR) is 44.8 cm³/mol. The molecule has 74 valence electrons. The van der Waals surface area contributed by atoms with E-state index in [9.17, 15) is 0 Å². The second-order valence-electron chi connectivity index (χ2n) is 2.99. The number of aliphatic hydroxyl groups is 3. The molecule has 0 amide bonds. The van der Waals surface area contributed by atoms with Crippen molar-refractivity contribution in [1.82, 2.24) is 0 Å². The van der Waals surface area contributed by atoms with Gasteiger partial charge < -0.3 is 20.1 Å². The van der Waals surface area contributed by atoms with Crippen molar-refractivity contribution in [2.45, 2.75) is 19.4 Å². The molecule has 12 heavy (non-hydrogen) atoms. The molecule has 0 saturated carbocycles. The standard InChI is InChI=1S/C8H18O4/c1-7(4-9)6-12-3-2-8(11)5-10/h7-11H,2-6H2,1H3.